The van der Waals surface area contributed by atoms with E-state index in [9.17, 15) is 18.0 Å². The van der Waals surface area contributed by atoms with Crippen LogP contribution in [0.2, 0.25) is 5.02 Å². The molecule has 3 aromatic carbocycles. The molecule has 3 rings (SSSR count). The second kappa shape index (κ2) is 14.7. The second-order valence-electron chi connectivity index (χ2n) is 11.0. The number of methoxy groups -OCH3 is 3. The quantitative estimate of drug-likeness (QED) is 0.269. The second-order valence-corrected chi connectivity index (χ2v) is 13.3. The first-order valence-electron chi connectivity index (χ1n) is 14.0. The molecule has 0 saturated heterocycles. The van der Waals surface area contributed by atoms with Crippen LogP contribution >= 0.6 is 11.6 Å². The minimum absolute atomic E-state index is 0.0387. The largest absolute Gasteiger partial charge is 0.497 e. The van der Waals surface area contributed by atoms with Crippen molar-refractivity contribution in [3.05, 3.63) is 77.3 Å². The van der Waals surface area contributed by atoms with Crippen molar-refractivity contribution >= 4 is 39.1 Å². The Bertz CT molecular complexity index is 1560. The van der Waals surface area contributed by atoms with Crippen LogP contribution in [0, 0.1) is 0 Å². The number of hydrogen-bond acceptors (Lipinski definition) is 7. The summed E-state index contributed by atoms with van der Waals surface area (Å²) in [6, 6.07) is 16.6. The normalized spacial score (nSPS) is 12.2. The van der Waals surface area contributed by atoms with Crippen molar-refractivity contribution in [2.45, 2.75) is 57.1 Å². The average Bonchev–Trinajstić information content (AvgIpc) is 2.98. The molecule has 0 saturated carbocycles. The number of amides is 2. The molecule has 1 atom stereocenters. The number of anilines is 1. The summed E-state index contributed by atoms with van der Waals surface area (Å²) in [5, 5.41) is 3.35. The van der Waals surface area contributed by atoms with Crippen LogP contribution in [0.3, 0.4) is 0 Å². The number of rotatable bonds is 13. The van der Waals surface area contributed by atoms with Gasteiger partial charge in [-0.3, -0.25) is 13.9 Å². The van der Waals surface area contributed by atoms with Crippen LogP contribution in [0.15, 0.2) is 71.6 Å². The summed E-state index contributed by atoms with van der Waals surface area (Å²) in [6.45, 7) is 6.80. The molecule has 0 heterocycles. The van der Waals surface area contributed by atoms with Gasteiger partial charge in [-0.2, -0.15) is 0 Å². The first-order chi connectivity index (χ1) is 20.7. The van der Waals surface area contributed by atoms with Crippen LogP contribution < -0.4 is 23.8 Å². The monoisotopic (exact) mass is 645 g/mol. The van der Waals surface area contributed by atoms with Gasteiger partial charge in [-0.15, -0.1) is 0 Å². The Kier molecular flexibility index (Phi) is 11.5. The molecular weight excluding hydrogens is 606 g/mol. The van der Waals surface area contributed by atoms with Crippen molar-refractivity contribution in [3.8, 4) is 17.2 Å². The number of nitrogens with zero attached hydrogens (tertiary/aromatic N) is 2. The molecule has 0 aliphatic carbocycles. The average molecular weight is 646 g/mol. The van der Waals surface area contributed by atoms with Gasteiger partial charge in [0.25, 0.3) is 10.0 Å². The van der Waals surface area contributed by atoms with Crippen LogP contribution in [-0.4, -0.2) is 64.6 Å². The Morgan fingerprint density at radius 3 is 2.14 bits per heavy atom. The number of hydrogen-bond donors (Lipinski definition) is 1. The summed E-state index contributed by atoms with van der Waals surface area (Å²) in [7, 11) is 0.0544. The fraction of sp³-hybridized carbons (Fsp3) is 0.375. The summed E-state index contributed by atoms with van der Waals surface area (Å²) in [5.74, 6) is 0.210. The molecule has 0 aliphatic rings. The molecule has 12 heteroatoms. The number of benzene rings is 3. The molecule has 3 aromatic rings. The highest BCUT2D eigenvalue weighted by Gasteiger charge is 2.35. The molecular formula is C32H40ClN3O7S. The van der Waals surface area contributed by atoms with E-state index in [0.717, 1.165) is 4.31 Å². The van der Waals surface area contributed by atoms with E-state index in [4.69, 9.17) is 25.8 Å². The molecule has 0 radical (unpaired) electrons. The van der Waals surface area contributed by atoms with Gasteiger partial charge in [0.1, 0.15) is 18.3 Å². The third-order valence-electron chi connectivity index (χ3n) is 6.71. The standard InChI is InChI=1S/C32H40ClN3O7S/c1-8-27(31(38)34-32(2,3)4)35(20-22-10-9-11-25(18-22)41-5)30(37)21-36(24-14-12-23(33)13-15-24)44(39,40)26-16-17-28(42-6)29(19-26)43-7/h9-19,27H,8,20-21H2,1-7H3,(H,34,38). The van der Waals surface area contributed by atoms with Crippen molar-refractivity contribution in [3.63, 3.8) is 0 Å². The topological polar surface area (TPSA) is 114 Å². The van der Waals surface area contributed by atoms with Gasteiger partial charge in [0.05, 0.1) is 31.9 Å². The number of carbonyl (C=O) groups is 2. The molecule has 10 nitrogen and oxygen atoms in total. The SMILES string of the molecule is CCC(C(=O)NC(C)(C)C)N(Cc1cccc(OC)c1)C(=O)CN(c1ccc(Cl)cc1)S(=O)(=O)c1ccc(OC)c(OC)c1. The van der Waals surface area contributed by atoms with E-state index in [1.54, 1.807) is 25.1 Å². The summed E-state index contributed by atoms with van der Waals surface area (Å²) in [5.41, 5.74) is 0.368. The molecule has 0 bridgehead atoms. The van der Waals surface area contributed by atoms with Gasteiger partial charge in [-0.1, -0.05) is 30.7 Å². The Morgan fingerprint density at radius 2 is 1.57 bits per heavy atom. The van der Waals surface area contributed by atoms with Crippen molar-refractivity contribution in [2.24, 2.45) is 0 Å². The Morgan fingerprint density at radius 1 is 0.909 bits per heavy atom. The van der Waals surface area contributed by atoms with E-state index in [-0.39, 0.29) is 28.8 Å². The molecule has 44 heavy (non-hydrogen) atoms. The predicted octanol–water partition coefficient (Wildman–Crippen LogP) is 5.28. The highest BCUT2D eigenvalue weighted by atomic mass is 35.5. The fourth-order valence-electron chi connectivity index (χ4n) is 4.58. The number of carbonyl (C=O) groups excluding carboxylic acids is 2. The van der Waals surface area contributed by atoms with Gasteiger partial charge < -0.3 is 24.4 Å². The van der Waals surface area contributed by atoms with Gasteiger partial charge in [0, 0.05) is 23.2 Å². The van der Waals surface area contributed by atoms with Crippen LogP contribution in [0.1, 0.15) is 39.7 Å². The lowest BCUT2D eigenvalue weighted by molar-refractivity contribution is -0.141. The lowest BCUT2D eigenvalue weighted by Crippen LogP contribution is -2.55. The Balaban J connectivity index is 2.12. The van der Waals surface area contributed by atoms with Crippen molar-refractivity contribution in [1.82, 2.24) is 10.2 Å². The molecule has 238 valence electrons. The summed E-state index contributed by atoms with van der Waals surface area (Å²) >= 11 is 6.11. The van der Waals surface area contributed by atoms with E-state index in [0.29, 0.717) is 28.5 Å². The van der Waals surface area contributed by atoms with E-state index < -0.39 is 34.1 Å². The zero-order valence-corrected chi connectivity index (χ0v) is 27.7. The number of halogens is 1. The zero-order chi connectivity index (χ0) is 32.7. The Labute approximate surface area is 264 Å². The van der Waals surface area contributed by atoms with E-state index in [2.05, 4.69) is 5.32 Å². The highest BCUT2D eigenvalue weighted by Crippen LogP contribution is 2.33. The van der Waals surface area contributed by atoms with Gasteiger partial charge >= 0.3 is 0 Å². The van der Waals surface area contributed by atoms with Gasteiger partial charge in [0.2, 0.25) is 11.8 Å². The maximum atomic E-state index is 14.3. The minimum atomic E-state index is -4.33. The first-order valence-corrected chi connectivity index (χ1v) is 15.8. The minimum Gasteiger partial charge on any atom is -0.497 e. The molecule has 0 aromatic heterocycles. The smallest absolute Gasteiger partial charge is 0.264 e. The molecule has 0 spiro atoms. The van der Waals surface area contributed by atoms with Crippen molar-refractivity contribution in [2.75, 3.05) is 32.2 Å². The summed E-state index contributed by atoms with van der Waals surface area (Å²) < 4.78 is 45.3. The summed E-state index contributed by atoms with van der Waals surface area (Å²) in [6.07, 6.45) is 0.293. The molecule has 2 amide bonds. The van der Waals surface area contributed by atoms with E-state index in [1.807, 2.05) is 26.8 Å². The Hall–Kier alpha value is -3.96. The first kappa shape index (κ1) is 34.5. The number of ether oxygens (including phenoxy) is 3. The number of sulfonamides is 1. The van der Waals surface area contributed by atoms with Crippen LogP contribution in [-0.2, 0) is 26.2 Å². The molecule has 0 aliphatic heterocycles. The van der Waals surface area contributed by atoms with Crippen LogP contribution in [0.25, 0.3) is 0 Å². The van der Waals surface area contributed by atoms with E-state index in [1.165, 1.54) is 68.7 Å². The van der Waals surface area contributed by atoms with Crippen molar-refractivity contribution in [1.29, 1.82) is 0 Å². The fourth-order valence-corrected chi connectivity index (χ4v) is 6.14. The molecule has 1 N–H and O–H groups in total. The van der Waals surface area contributed by atoms with Gasteiger partial charge in [-0.05, 0) is 81.3 Å². The molecule has 1 unspecified atom stereocenters. The third kappa shape index (κ3) is 8.57. The maximum absolute atomic E-state index is 14.3. The van der Waals surface area contributed by atoms with E-state index >= 15 is 0 Å². The maximum Gasteiger partial charge on any atom is 0.264 e. The molecule has 0 fully saturated rings. The zero-order valence-electron chi connectivity index (χ0n) is 26.1. The number of nitrogens with one attached hydrogen (secondary N) is 1. The van der Waals surface area contributed by atoms with Crippen LogP contribution in [0.4, 0.5) is 5.69 Å². The highest BCUT2D eigenvalue weighted by molar-refractivity contribution is 7.92. The van der Waals surface area contributed by atoms with Crippen molar-refractivity contribution < 1.29 is 32.2 Å². The van der Waals surface area contributed by atoms with Gasteiger partial charge in [-0.25, -0.2) is 8.42 Å². The third-order valence-corrected chi connectivity index (χ3v) is 8.73. The predicted molar refractivity (Wildman–Crippen MR) is 171 cm³/mol. The van der Waals surface area contributed by atoms with Gasteiger partial charge in [0.15, 0.2) is 11.5 Å². The summed E-state index contributed by atoms with van der Waals surface area (Å²) in [4.78, 5) is 29.0. The lowest BCUT2D eigenvalue weighted by Gasteiger charge is -2.34. The lowest BCUT2D eigenvalue weighted by atomic mass is 10.1. The van der Waals surface area contributed by atoms with Crippen LogP contribution in [0.5, 0.6) is 17.2 Å².